The van der Waals surface area contributed by atoms with Crippen LogP contribution in [0.2, 0.25) is 0 Å². The van der Waals surface area contributed by atoms with Crippen molar-refractivity contribution >= 4 is 11.6 Å². The second-order valence-electron chi connectivity index (χ2n) is 5.82. The van der Waals surface area contributed by atoms with Gasteiger partial charge in [-0.2, -0.15) is 0 Å². The molecule has 4 heteroatoms. The fraction of sp³-hybridized carbons (Fsp3) is 0.562. The third-order valence-electron chi connectivity index (χ3n) is 4.38. The van der Waals surface area contributed by atoms with Gasteiger partial charge < -0.3 is 10.6 Å². The molecule has 1 heterocycles. The number of likely N-dealkylation sites (N-methyl/N-ethyl adjacent to an activating group) is 1. The SMILES string of the molecule is CCC1CN(C(=O)c2cc(N)c(C)cc2C)CCN1C. The van der Waals surface area contributed by atoms with Gasteiger partial charge in [-0.1, -0.05) is 13.0 Å². The maximum absolute atomic E-state index is 12.7. The molecule has 0 saturated carbocycles. The number of rotatable bonds is 2. The Bertz CT molecular complexity index is 513. The summed E-state index contributed by atoms with van der Waals surface area (Å²) in [4.78, 5) is 17.0. The van der Waals surface area contributed by atoms with Gasteiger partial charge >= 0.3 is 0 Å². The van der Waals surface area contributed by atoms with Gasteiger partial charge in [0.05, 0.1) is 0 Å². The van der Waals surface area contributed by atoms with E-state index in [2.05, 4.69) is 18.9 Å². The monoisotopic (exact) mass is 275 g/mol. The van der Waals surface area contributed by atoms with Crippen LogP contribution in [0.3, 0.4) is 0 Å². The summed E-state index contributed by atoms with van der Waals surface area (Å²) in [5.41, 5.74) is 9.43. The van der Waals surface area contributed by atoms with Gasteiger partial charge in [-0.05, 0) is 44.5 Å². The minimum absolute atomic E-state index is 0.112. The predicted molar refractivity (Wildman–Crippen MR) is 82.9 cm³/mol. The number of piperazine rings is 1. The van der Waals surface area contributed by atoms with Gasteiger partial charge in [0.2, 0.25) is 0 Å². The molecule has 0 radical (unpaired) electrons. The van der Waals surface area contributed by atoms with Gasteiger partial charge in [0, 0.05) is 36.9 Å². The summed E-state index contributed by atoms with van der Waals surface area (Å²) in [6.45, 7) is 8.65. The van der Waals surface area contributed by atoms with Gasteiger partial charge in [0.15, 0.2) is 0 Å². The van der Waals surface area contributed by atoms with Crippen molar-refractivity contribution in [2.24, 2.45) is 0 Å². The molecule has 1 amide bonds. The molecule has 1 atom stereocenters. The average Bonchev–Trinajstić information content (AvgIpc) is 2.42. The van der Waals surface area contributed by atoms with Gasteiger partial charge in [0.25, 0.3) is 5.91 Å². The number of nitrogens with two attached hydrogens (primary N) is 1. The van der Waals surface area contributed by atoms with Crippen molar-refractivity contribution in [1.82, 2.24) is 9.80 Å². The zero-order valence-electron chi connectivity index (χ0n) is 12.9. The van der Waals surface area contributed by atoms with Crippen molar-refractivity contribution in [3.8, 4) is 0 Å². The van der Waals surface area contributed by atoms with Gasteiger partial charge in [-0.3, -0.25) is 9.69 Å². The van der Waals surface area contributed by atoms with Crippen LogP contribution in [0.4, 0.5) is 5.69 Å². The van der Waals surface area contributed by atoms with E-state index in [9.17, 15) is 4.79 Å². The highest BCUT2D eigenvalue weighted by Crippen LogP contribution is 2.21. The fourth-order valence-electron chi connectivity index (χ4n) is 2.84. The molecule has 4 nitrogen and oxygen atoms in total. The average molecular weight is 275 g/mol. The molecular weight excluding hydrogens is 250 g/mol. The number of amides is 1. The van der Waals surface area contributed by atoms with E-state index in [1.807, 2.05) is 30.9 Å². The molecule has 0 spiro atoms. The smallest absolute Gasteiger partial charge is 0.254 e. The Balaban J connectivity index is 2.21. The first-order chi connectivity index (χ1) is 9.43. The number of hydrogen-bond donors (Lipinski definition) is 1. The molecule has 0 bridgehead atoms. The van der Waals surface area contributed by atoms with Crippen LogP contribution in [0.5, 0.6) is 0 Å². The summed E-state index contributed by atoms with van der Waals surface area (Å²) in [5.74, 6) is 0.112. The fourth-order valence-corrected chi connectivity index (χ4v) is 2.84. The van der Waals surface area contributed by atoms with Gasteiger partial charge in [-0.15, -0.1) is 0 Å². The number of nitrogens with zero attached hydrogens (tertiary/aromatic N) is 2. The van der Waals surface area contributed by atoms with Crippen molar-refractivity contribution in [2.75, 3.05) is 32.4 Å². The molecule has 0 aliphatic carbocycles. The summed E-state index contributed by atoms with van der Waals surface area (Å²) >= 11 is 0. The molecule has 1 aromatic rings. The first-order valence-electron chi connectivity index (χ1n) is 7.30. The molecule has 2 rings (SSSR count). The van der Waals surface area contributed by atoms with Crippen molar-refractivity contribution in [1.29, 1.82) is 0 Å². The van der Waals surface area contributed by atoms with E-state index in [1.54, 1.807) is 0 Å². The minimum Gasteiger partial charge on any atom is -0.398 e. The zero-order chi connectivity index (χ0) is 14.9. The lowest BCUT2D eigenvalue weighted by Crippen LogP contribution is -2.53. The molecule has 1 saturated heterocycles. The van der Waals surface area contributed by atoms with Crippen LogP contribution in [0, 0.1) is 13.8 Å². The minimum atomic E-state index is 0.112. The predicted octanol–water partition coefficient (Wildman–Crippen LogP) is 2.05. The lowest BCUT2D eigenvalue weighted by atomic mass is 10.0. The maximum atomic E-state index is 12.7. The molecule has 2 N–H and O–H groups in total. The van der Waals surface area contributed by atoms with Crippen LogP contribution < -0.4 is 5.73 Å². The number of anilines is 1. The van der Waals surface area contributed by atoms with Gasteiger partial charge in [0.1, 0.15) is 0 Å². The Hall–Kier alpha value is -1.55. The third kappa shape index (κ3) is 2.80. The van der Waals surface area contributed by atoms with Crippen molar-refractivity contribution in [2.45, 2.75) is 33.2 Å². The van der Waals surface area contributed by atoms with E-state index in [4.69, 9.17) is 5.73 Å². The number of benzene rings is 1. The highest BCUT2D eigenvalue weighted by Gasteiger charge is 2.27. The van der Waals surface area contributed by atoms with E-state index in [-0.39, 0.29) is 5.91 Å². The highest BCUT2D eigenvalue weighted by molar-refractivity contribution is 5.96. The molecular formula is C16H25N3O. The van der Waals surface area contributed by atoms with Crippen LogP contribution in [-0.4, -0.2) is 48.4 Å². The van der Waals surface area contributed by atoms with Crippen LogP contribution in [0.25, 0.3) is 0 Å². The summed E-state index contributed by atoms with van der Waals surface area (Å²) in [7, 11) is 2.13. The molecule has 1 aromatic carbocycles. The molecule has 20 heavy (non-hydrogen) atoms. The van der Waals surface area contributed by atoms with E-state index >= 15 is 0 Å². The summed E-state index contributed by atoms with van der Waals surface area (Å²) in [5, 5.41) is 0. The van der Waals surface area contributed by atoms with Crippen LogP contribution >= 0.6 is 0 Å². The largest absolute Gasteiger partial charge is 0.398 e. The second-order valence-corrected chi connectivity index (χ2v) is 5.82. The van der Waals surface area contributed by atoms with E-state index < -0.39 is 0 Å². The molecule has 1 unspecified atom stereocenters. The van der Waals surface area contributed by atoms with E-state index in [0.29, 0.717) is 11.7 Å². The third-order valence-corrected chi connectivity index (χ3v) is 4.38. The molecule has 1 fully saturated rings. The summed E-state index contributed by atoms with van der Waals surface area (Å²) in [6.07, 6.45) is 1.06. The lowest BCUT2D eigenvalue weighted by molar-refractivity contribution is 0.0541. The number of nitrogen functional groups attached to an aromatic ring is 1. The molecule has 1 aliphatic rings. The summed E-state index contributed by atoms with van der Waals surface area (Å²) < 4.78 is 0. The Morgan fingerprint density at radius 3 is 2.65 bits per heavy atom. The van der Waals surface area contributed by atoms with Crippen molar-refractivity contribution < 1.29 is 4.79 Å². The zero-order valence-corrected chi connectivity index (χ0v) is 12.9. The van der Waals surface area contributed by atoms with Crippen LogP contribution in [0.15, 0.2) is 12.1 Å². The summed E-state index contributed by atoms with van der Waals surface area (Å²) in [6, 6.07) is 4.28. The van der Waals surface area contributed by atoms with Crippen molar-refractivity contribution in [3.63, 3.8) is 0 Å². The quantitative estimate of drug-likeness (QED) is 0.840. The lowest BCUT2D eigenvalue weighted by Gasteiger charge is -2.39. The molecule has 1 aliphatic heterocycles. The number of hydrogen-bond acceptors (Lipinski definition) is 3. The number of aryl methyl sites for hydroxylation is 2. The van der Waals surface area contributed by atoms with Gasteiger partial charge in [-0.25, -0.2) is 0 Å². The topological polar surface area (TPSA) is 49.6 Å². The maximum Gasteiger partial charge on any atom is 0.254 e. The first kappa shape index (κ1) is 14.9. The highest BCUT2D eigenvalue weighted by atomic mass is 16.2. The number of carbonyl (C=O) groups is 1. The van der Waals surface area contributed by atoms with E-state index in [1.165, 1.54) is 0 Å². The number of carbonyl (C=O) groups excluding carboxylic acids is 1. The van der Waals surface area contributed by atoms with Crippen LogP contribution in [-0.2, 0) is 0 Å². The Labute approximate surface area is 121 Å². The van der Waals surface area contributed by atoms with E-state index in [0.717, 1.165) is 42.7 Å². The molecule has 0 aromatic heterocycles. The second kappa shape index (κ2) is 5.83. The Morgan fingerprint density at radius 2 is 2.00 bits per heavy atom. The Morgan fingerprint density at radius 1 is 1.30 bits per heavy atom. The van der Waals surface area contributed by atoms with Crippen molar-refractivity contribution in [3.05, 3.63) is 28.8 Å². The Kier molecular flexibility index (Phi) is 4.33. The normalized spacial score (nSPS) is 20.2. The van der Waals surface area contributed by atoms with Crippen LogP contribution in [0.1, 0.15) is 34.8 Å². The molecule has 110 valence electrons. The standard InChI is InChI=1S/C16H25N3O/c1-5-13-10-19(7-6-18(13)4)16(20)14-9-15(17)12(3)8-11(14)2/h8-9,13H,5-7,10,17H2,1-4H3. The first-order valence-corrected chi connectivity index (χ1v) is 7.30.